The predicted molar refractivity (Wildman–Crippen MR) is 69.7 cm³/mol. The maximum atomic E-state index is 7.31. The van der Waals surface area contributed by atoms with E-state index in [2.05, 4.69) is 19.1 Å². The molecule has 0 fully saturated rings. The second kappa shape index (κ2) is 5.21. The molecule has 2 rings (SSSR count). The number of aryl methyl sites for hydroxylation is 2. The largest absolute Gasteiger partial charge is 0.490 e. The molecule has 0 saturated carbocycles. The molecule has 0 amide bonds. The van der Waals surface area contributed by atoms with Crippen molar-refractivity contribution in [3.8, 4) is 5.75 Å². The molecule has 3 N–H and O–H groups in total. The van der Waals surface area contributed by atoms with Crippen LogP contribution < -0.4 is 10.5 Å². The number of nitrogens with one attached hydrogen (secondary N) is 1. The Morgan fingerprint density at radius 1 is 1.41 bits per heavy atom. The van der Waals surface area contributed by atoms with Crippen LogP contribution in [0.1, 0.15) is 37.3 Å². The Morgan fingerprint density at radius 3 is 2.88 bits per heavy atom. The van der Waals surface area contributed by atoms with Gasteiger partial charge < -0.3 is 10.5 Å². The van der Waals surface area contributed by atoms with Crippen LogP contribution >= 0.6 is 0 Å². The van der Waals surface area contributed by atoms with E-state index in [1.165, 1.54) is 24.0 Å². The van der Waals surface area contributed by atoms with Gasteiger partial charge in [0.05, 0.1) is 5.84 Å². The molecule has 0 heterocycles. The summed E-state index contributed by atoms with van der Waals surface area (Å²) in [6, 6.07) is 6.34. The summed E-state index contributed by atoms with van der Waals surface area (Å²) in [4.78, 5) is 0. The quantitative estimate of drug-likeness (QED) is 0.605. The van der Waals surface area contributed by atoms with E-state index in [1.54, 1.807) is 0 Å². The van der Waals surface area contributed by atoms with Gasteiger partial charge in [0.1, 0.15) is 11.9 Å². The van der Waals surface area contributed by atoms with Crippen molar-refractivity contribution in [1.82, 2.24) is 0 Å². The molecule has 0 bridgehead atoms. The summed E-state index contributed by atoms with van der Waals surface area (Å²) in [6.45, 7) is 2.06. The fraction of sp³-hybridized carbons (Fsp3) is 0.500. The van der Waals surface area contributed by atoms with Gasteiger partial charge in [-0.15, -0.1) is 0 Å². The molecule has 1 aromatic rings. The number of hydrogen-bond acceptors (Lipinski definition) is 2. The van der Waals surface area contributed by atoms with Gasteiger partial charge in [-0.1, -0.05) is 13.0 Å². The molecule has 92 valence electrons. The standard InChI is InChI=1S/C14H20N2O/c1-2-12(9-14(15)16)17-13-7-6-10-4-3-5-11(10)8-13/h6-8,12H,2-5,9H2,1H3,(H3,15,16). The Labute approximate surface area is 102 Å². The van der Waals surface area contributed by atoms with E-state index in [0.717, 1.165) is 18.6 Å². The zero-order chi connectivity index (χ0) is 12.3. The molecule has 0 radical (unpaired) electrons. The predicted octanol–water partition coefficient (Wildman–Crippen LogP) is 2.66. The second-order valence-electron chi connectivity index (χ2n) is 4.66. The van der Waals surface area contributed by atoms with Crippen LogP contribution in [0.4, 0.5) is 0 Å². The van der Waals surface area contributed by atoms with Crippen molar-refractivity contribution < 1.29 is 4.74 Å². The van der Waals surface area contributed by atoms with Gasteiger partial charge in [0.25, 0.3) is 0 Å². The van der Waals surface area contributed by atoms with E-state index < -0.39 is 0 Å². The van der Waals surface area contributed by atoms with Gasteiger partial charge in [-0.25, -0.2) is 0 Å². The lowest BCUT2D eigenvalue weighted by molar-refractivity contribution is 0.204. The highest BCUT2D eigenvalue weighted by Gasteiger charge is 2.14. The van der Waals surface area contributed by atoms with Gasteiger partial charge in [-0.3, -0.25) is 5.41 Å². The van der Waals surface area contributed by atoms with Crippen LogP contribution in [-0.2, 0) is 12.8 Å². The minimum Gasteiger partial charge on any atom is -0.490 e. The fourth-order valence-corrected chi connectivity index (χ4v) is 2.33. The smallest absolute Gasteiger partial charge is 0.120 e. The maximum Gasteiger partial charge on any atom is 0.120 e. The zero-order valence-corrected chi connectivity index (χ0v) is 10.3. The Balaban J connectivity index is 2.04. The van der Waals surface area contributed by atoms with Crippen LogP contribution in [0.2, 0.25) is 0 Å². The lowest BCUT2D eigenvalue weighted by Crippen LogP contribution is -2.23. The maximum absolute atomic E-state index is 7.31. The molecule has 1 aliphatic rings. The minimum absolute atomic E-state index is 0.0203. The number of fused-ring (bicyclic) bond motifs is 1. The average molecular weight is 232 g/mol. The van der Waals surface area contributed by atoms with E-state index in [9.17, 15) is 0 Å². The lowest BCUT2D eigenvalue weighted by Gasteiger charge is -2.17. The Bertz CT molecular complexity index is 415. The number of rotatable bonds is 5. The zero-order valence-electron chi connectivity index (χ0n) is 10.3. The third kappa shape index (κ3) is 2.99. The van der Waals surface area contributed by atoms with Gasteiger partial charge in [0.2, 0.25) is 0 Å². The van der Waals surface area contributed by atoms with Crippen molar-refractivity contribution in [2.75, 3.05) is 0 Å². The molecule has 0 aliphatic heterocycles. The normalized spacial score (nSPS) is 15.4. The van der Waals surface area contributed by atoms with Gasteiger partial charge in [-0.05, 0) is 48.9 Å². The number of amidine groups is 1. The topological polar surface area (TPSA) is 59.1 Å². The fourth-order valence-electron chi connectivity index (χ4n) is 2.33. The summed E-state index contributed by atoms with van der Waals surface area (Å²) < 4.78 is 5.88. The van der Waals surface area contributed by atoms with Gasteiger partial charge in [-0.2, -0.15) is 0 Å². The van der Waals surface area contributed by atoms with Gasteiger partial charge in [0.15, 0.2) is 0 Å². The molecule has 0 aromatic heterocycles. The number of hydrogen-bond donors (Lipinski definition) is 2. The van der Waals surface area contributed by atoms with Crippen molar-refractivity contribution in [1.29, 1.82) is 5.41 Å². The molecule has 3 heteroatoms. The average Bonchev–Trinajstić information content (AvgIpc) is 2.74. The highest BCUT2D eigenvalue weighted by molar-refractivity contribution is 5.77. The molecule has 1 unspecified atom stereocenters. The Kier molecular flexibility index (Phi) is 3.67. The van der Waals surface area contributed by atoms with Crippen molar-refractivity contribution in [3.63, 3.8) is 0 Å². The first-order valence-corrected chi connectivity index (χ1v) is 6.30. The SMILES string of the molecule is CCC(CC(=N)N)Oc1ccc2c(c1)CCC2. The van der Waals surface area contributed by atoms with Crippen LogP contribution in [0.3, 0.4) is 0 Å². The Morgan fingerprint density at radius 2 is 2.18 bits per heavy atom. The first kappa shape index (κ1) is 12.0. The molecule has 17 heavy (non-hydrogen) atoms. The van der Waals surface area contributed by atoms with Crippen LogP contribution in [-0.4, -0.2) is 11.9 Å². The van der Waals surface area contributed by atoms with Crippen LogP contribution in [0.5, 0.6) is 5.75 Å². The van der Waals surface area contributed by atoms with E-state index in [-0.39, 0.29) is 11.9 Å². The lowest BCUT2D eigenvalue weighted by atomic mass is 10.1. The minimum atomic E-state index is 0.0203. The molecule has 1 aromatic carbocycles. The highest BCUT2D eigenvalue weighted by Crippen LogP contribution is 2.27. The van der Waals surface area contributed by atoms with E-state index >= 15 is 0 Å². The Hall–Kier alpha value is -1.51. The number of benzene rings is 1. The summed E-state index contributed by atoms with van der Waals surface area (Å²) in [5, 5.41) is 7.31. The summed E-state index contributed by atoms with van der Waals surface area (Å²) in [5.41, 5.74) is 8.29. The third-order valence-corrected chi connectivity index (χ3v) is 3.28. The van der Waals surface area contributed by atoms with Crippen LogP contribution in [0.25, 0.3) is 0 Å². The highest BCUT2D eigenvalue weighted by atomic mass is 16.5. The molecular weight excluding hydrogens is 212 g/mol. The molecule has 0 saturated heterocycles. The monoisotopic (exact) mass is 232 g/mol. The number of nitrogens with two attached hydrogens (primary N) is 1. The van der Waals surface area contributed by atoms with Gasteiger partial charge in [0, 0.05) is 6.42 Å². The van der Waals surface area contributed by atoms with Gasteiger partial charge >= 0.3 is 0 Å². The molecular formula is C14H20N2O. The number of ether oxygens (including phenoxy) is 1. The van der Waals surface area contributed by atoms with Crippen LogP contribution in [0, 0.1) is 5.41 Å². The van der Waals surface area contributed by atoms with E-state index in [1.807, 2.05) is 6.07 Å². The summed E-state index contributed by atoms with van der Waals surface area (Å²) in [7, 11) is 0. The van der Waals surface area contributed by atoms with Crippen molar-refractivity contribution >= 4 is 5.84 Å². The van der Waals surface area contributed by atoms with Crippen LogP contribution in [0.15, 0.2) is 18.2 Å². The molecule has 1 atom stereocenters. The summed E-state index contributed by atoms with van der Waals surface area (Å²) >= 11 is 0. The summed E-state index contributed by atoms with van der Waals surface area (Å²) in [5.74, 6) is 1.11. The van der Waals surface area contributed by atoms with E-state index in [0.29, 0.717) is 6.42 Å². The van der Waals surface area contributed by atoms with Crippen molar-refractivity contribution in [2.24, 2.45) is 5.73 Å². The molecule has 3 nitrogen and oxygen atoms in total. The summed E-state index contributed by atoms with van der Waals surface area (Å²) in [6.07, 6.45) is 5.01. The van der Waals surface area contributed by atoms with E-state index in [4.69, 9.17) is 15.9 Å². The first-order valence-electron chi connectivity index (χ1n) is 6.30. The molecule has 0 spiro atoms. The van der Waals surface area contributed by atoms with Crippen molar-refractivity contribution in [2.45, 2.75) is 45.1 Å². The van der Waals surface area contributed by atoms with Crippen molar-refractivity contribution in [3.05, 3.63) is 29.3 Å². The molecule has 1 aliphatic carbocycles. The second-order valence-corrected chi connectivity index (χ2v) is 4.66. The first-order chi connectivity index (χ1) is 8.19. The third-order valence-electron chi connectivity index (χ3n) is 3.28.